The maximum Gasteiger partial charge on any atom is 0.172 e. The fourth-order valence-electron chi connectivity index (χ4n) is 1.04. The highest BCUT2D eigenvalue weighted by molar-refractivity contribution is 5.94. The number of hydrogen-bond acceptors (Lipinski definition) is 3. The summed E-state index contributed by atoms with van der Waals surface area (Å²) >= 11 is 0. The molecule has 0 spiro atoms. The molecule has 4 heteroatoms. The van der Waals surface area contributed by atoms with Crippen LogP contribution in [0.4, 0.5) is 0 Å². The molecule has 1 aliphatic rings. The van der Waals surface area contributed by atoms with Crippen molar-refractivity contribution < 1.29 is 5.21 Å². The summed E-state index contributed by atoms with van der Waals surface area (Å²) < 4.78 is 0. The first-order chi connectivity index (χ1) is 5.65. The topological polar surface area (TPSA) is 47.9 Å². The van der Waals surface area contributed by atoms with E-state index in [-0.39, 0.29) is 0 Å². The fraction of sp³-hybridized carbons (Fsp3) is 0.375. The van der Waals surface area contributed by atoms with Gasteiger partial charge in [-0.25, -0.2) is 0 Å². The molecular weight excluding hydrogens is 154 g/mol. The minimum atomic E-state index is 0.349. The zero-order valence-corrected chi connectivity index (χ0v) is 7.28. The van der Waals surface area contributed by atoms with E-state index in [9.17, 15) is 0 Å². The van der Waals surface area contributed by atoms with Crippen molar-refractivity contribution in [3.63, 3.8) is 0 Å². The van der Waals surface area contributed by atoms with Crippen molar-refractivity contribution in [1.82, 2.24) is 10.2 Å². The fourth-order valence-corrected chi connectivity index (χ4v) is 1.04. The third-order valence-corrected chi connectivity index (χ3v) is 1.64. The molecule has 1 heterocycles. The predicted molar refractivity (Wildman–Crippen MR) is 47.6 cm³/mol. The highest BCUT2D eigenvalue weighted by Crippen LogP contribution is 2.09. The van der Waals surface area contributed by atoms with E-state index >= 15 is 0 Å². The molecule has 0 aromatic heterocycles. The van der Waals surface area contributed by atoms with Crippen LogP contribution in [-0.2, 0) is 0 Å². The lowest BCUT2D eigenvalue weighted by Gasteiger charge is -2.30. The molecule has 0 fully saturated rings. The molecule has 2 N–H and O–H groups in total. The Kier molecular flexibility index (Phi) is 2.38. The molecule has 1 rings (SSSR count). The lowest BCUT2D eigenvalue weighted by atomic mass is 10.3. The summed E-state index contributed by atoms with van der Waals surface area (Å²) in [4.78, 5) is 1.95. The van der Waals surface area contributed by atoms with Crippen LogP contribution >= 0.6 is 0 Å². The van der Waals surface area contributed by atoms with E-state index in [1.54, 1.807) is 6.08 Å². The molecule has 0 saturated heterocycles. The second kappa shape index (κ2) is 3.30. The molecular formula is C8H13N3O. The van der Waals surface area contributed by atoms with E-state index < -0.39 is 0 Å². The van der Waals surface area contributed by atoms with Gasteiger partial charge in [0.2, 0.25) is 0 Å². The Morgan fingerprint density at radius 3 is 2.75 bits per heavy atom. The Bertz CT molecular complexity index is 243. The molecule has 0 atom stereocenters. The second-order valence-corrected chi connectivity index (χ2v) is 2.87. The molecule has 1 aliphatic heterocycles. The normalized spacial score (nSPS) is 20.4. The van der Waals surface area contributed by atoms with Gasteiger partial charge in [0, 0.05) is 18.3 Å². The van der Waals surface area contributed by atoms with Crippen LogP contribution < -0.4 is 5.32 Å². The molecule has 0 saturated carbocycles. The molecule has 0 unspecified atom stereocenters. The van der Waals surface area contributed by atoms with Crippen LogP contribution in [-0.4, -0.2) is 22.0 Å². The van der Waals surface area contributed by atoms with Gasteiger partial charge in [0.05, 0.1) is 0 Å². The summed E-state index contributed by atoms with van der Waals surface area (Å²) in [5, 5.41) is 14.3. The minimum Gasteiger partial charge on any atom is -0.409 e. The first-order valence-corrected chi connectivity index (χ1v) is 3.79. The van der Waals surface area contributed by atoms with E-state index in [1.807, 2.05) is 11.1 Å². The van der Waals surface area contributed by atoms with Gasteiger partial charge in [0.25, 0.3) is 0 Å². The number of nitrogens with one attached hydrogen (secondary N) is 1. The summed E-state index contributed by atoms with van der Waals surface area (Å²) in [6.45, 7) is 7.89. The van der Waals surface area contributed by atoms with Crippen LogP contribution in [0.15, 0.2) is 29.8 Å². The molecule has 66 valence electrons. The van der Waals surface area contributed by atoms with Crippen molar-refractivity contribution in [2.45, 2.75) is 19.9 Å². The monoisotopic (exact) mass is 167 g/mol. The van der Waals surface area contributed by atoms with Crippen molar-refractivity contribution in [3.05, 3.63) is 24.7 Å². The third kappa shape index (κ3) is 1.58. The Morgan fingerprint density at radius 1 is 1.67 bits per heavy atom. The molecule has 4 nitrogen and oxygen atoms in total. The maximum absolute atomic E-state index is 8.45. The first-order valence-electron chi connectivity index (χ1n) is 3.79. The van der Waals surface area contributed by atoms with Crippen LogP contribution in [0.2, 0.25) is 0 Å². The van der Waals surface area contributed by atoms with Crippen LogP contribution in [0, 0.1) is 0 Å². The zero-order chi connectivity index (χ0) is 9.14. The summed E-state index contributed by atoms with van der Waals surface area (Å²) in [5.74, 6) is 1.14. The Labute approximate surface area is 71.9 Å². The van der Waals surface area contributed by atoms with Crippen LogP contribution in [0.1, 0.15) is 13.8 Å². The molecule has 0 amide bonds. The van der Waals surface area contributed by atoms with Gasteiger partial charge in [-0.3, -0.25) is 0 Å². The van der Waals surface area contributed by atoms with Gasteiger partial charge >= 0.3 is 0 Å². The average Bonchev–Trinajstić information content (AvgIpc) is 2.03. The Morgan fingerprint density at radius 2 is 2.33 bits per heavy atom. The average molecular weight is 167 g/mol. The van der Waals surface area contributed by atoms with Gasteiger partial charge in [-0.05, 0) is 13.8 Å². The zero-order valence-electron chi connectivity index (χ0n) is 7.28. The van der Waals surface area contributed by atoms with E-state index in [2.05, 4.69) is 30.9 Å². The minimum absolute atomic E-state index is 0.349. The molecule has 0 aromatic rings. The van der Waals surface area contributed by atoms with E-state index in [4.69, 9.17) is 5.21 Å². The highest BCUT2D eigenvalue weighted by atomic mass is 16.4. The molecule has 0 radical (unpaired) electrons. The number of rotatable bonds is 1. The highest BCUT2D eigenvalue weighted by Gasteiger charge is 2.13. The van der Waals surface area contributed by atoms with Crippen LogP contribution in [0.25, 0.3) is 0 Å². The second-order valence-electron chi connectivity index (χ2n) is 2.87. The summed E-state index contributed by atoms with van der Waals surface area (Å²) in [6, 6.07) is 0.349. The standard InChI is InChI=1S/C8H13N3O/c1-6(2)11-5-4-8(10-12)9-7(11)3/h4-6,12H,3H2,1-2H3,(H,9,10). The van der Waals surface area contributed by atoms with Gasteiger partial charge in [-0.15, -0.1) is 0 Å². The predicted octanol–water partition coefficient (Wildman–Crippen LogP) is 1.07. The van der Waals surface area contributed by atoms with Crippen molar-refractivity contribution in [1.29, 1.82) is 0 Å². The number of amidine groups is 1. The van der Waals surface area contributed by atoms with Crippen LogP contribution in [0.5, 0.6) is 0 Å². The van der Waals surface area contributed by atoms with Crippen molar-refractivity contribution >= 4 is 5.84 Å². The number of hydrogen-bond donors (Lipinski definition) is 2. The van der Waals surface area contributed by atoms with Crippen molar-refractivity contribution in [2.75, 3.05) is 0 Å². The third-order valence-electron chi connectivity index (χ3n) is 1.64. The van der Waals surface area contributed by atoms with Gasteiger partial charge in [-0.1, -0.05) is 11.7 Å². The SMILES string of the molecule is C=C1N/C(=N\O)C=CN1C(C)C. The lowest BCUT2D eigenvalue weighted by Crippen LogP contribution is -2.38. The maximum atomic E-state index is 8.45. The van der Waals surface area contributed by atoms with Crippen molar-refractivity contribution in [2.24, 2.45) is 5.16 Å². The van der Waals surface area contributed by atoms with Gasteiger partial charge in [0.15, 0.2) is 5.84 Å². The lowest BCUT2D eigenvalue weighted by molar-refractivity contribution is 0.312. The molecule has 12 heavy (non-hydrogen) atoms. The Hall–Kier alpha value is -1.45. The van der Waals surface area contributed by atoms with Gasteiger partial charge in [0.1, 0.15) is 5.82 Å². The van der Waals surface area contributed by atoms with E-state index in [0.29, 0.717) is 11.9 Å². The first kappa shape index (κ1) is 8.64. The summed E-state index contributed by atoms with van der Waals surface area (Å²) in [7, 11) is 0. The molecule has 0 aliphatic carbocycles. The van der Waals surface area contributed by atoms with Crippen LogP contribution in [0.3, 0.4) is 0 Å². The summed E-state index contributed by atoms with van der Waals surface area (Å²) in [5.41, 5.74) is 0. The van der Waals surface area contributed by atoms with Gasteiger partial charge in [-0.2, -0.15) is 0 Å². The number of oxime groups is 1. The van der Waals surface area contributed by atoms with E-state index in [0.717, 1.165) is 5.82 Å². The number of nitrogens with zero attached hydrogens (tertiary/aromatic N) is 2. The largest absolute Gasteiger partial charge is 0.409 e. The quantitative estimate of drug-likeness (QED) is 0.453. The molecule has 0 bridgehead atoms. The summed E-state index contributed by atoms with van der Waals surface area (Å²) in [6.07, 6.45) is 3.52. The van der Waals surface area contributed by atoms with Crippen molar-refractivity contribution in [3.8, 4) is 0 Å². The van der Waals surface area contributed by atoms with Gasteiger partial charge < -0.3 is 15.4 Å². The van der Waals surface area contributed by atoms with E-state index in [1.165, 1.54) is 0 Å². The smallest absolute Gasteiger partial charge is 0.172 e. The molecule has 0 aromatic carbocycles. The Balaban J connectivity index is 2.79.